The fraction of sp³-hybridized carbons (Fsp3) is 0.294. The van der Waals surface area contributed by atoms with E-state index >= 15 is 0 Å². The number of nitrogens with zero attached hydrogens (tertiary/aromatic N) is 2. The van der Waals surface area contributed by atoms with Crippen LogP contribution in [-0.4, -0.2) is 23.2 Å². The van der Waals surface area contributed by atoms with Crippen LogP contribution in [0.5, 0.6) is 5.75 Å². The van der Waals surface area contributed by atoms with Crippen LogP contribution in [0.3, 0.4) is 0 Å². The summed E-state index contributed by atoms with van der Waals surface area (Å²) in [5, 5.41) is 12.5. The number of benzene rings is 1. The minimum absolute atomic E-state index is 0.217. The Hall–Kier alpha value is -2.74. The van der Waals surface area contributed by atoms with Crippen molar-refractivity contribution < 1.29 is 13.9 Å². The van der Waals surface area contributed by atoms with E-state index < -0.39 is 11.5 Å². The summed E-state index contributed by atoms with van der Waals surface area (Å²) < 4.78 is 10.3. The fourth-order valence-corrected chi connectivity index (χ4v) is 3.31. The van der Waals surface area contributed by atoms with Gasteiger partial charge in [0.25, 0.3) is 5.91 Å². The van der Waals surface area contributed by atoms with Crippen molar-refractivity contribution in [2.75, 3.05) is 12.4 Å². The fourth-order valence-electron chi connectivity index (χ4n) is 2.36. The average Bonchev–Trinajstić information content (AvgIpc) is 2.99. The number of rotatable bonds is 5. The highest BCUT2D eigenvalue weighted by atomic mass is 32.1. The molecule has 0 unspecified atom stereocenters. The van der Waals surface area contributed by atoms with Gasteiger partial charge in [0.05, 0.1) is 12.7 Å². The lowest BCUT2D eigenvalue weighted by Crippen LogP contribution is -2.15. The molecule has 0 aliphatic heterocycles. The van der Waals surface area contributed by atoms with Gasteiger partial charge in [-0.3, -0.25) is 10.1 Å². The molecule has 0 fully saturated rings. The maximum atomic E-state index is 12.6. The third-order valence-corrected chi connectivity index (χ3v) is 4.33. The molecule has 25 heavy (non-hydrogen) atoms. The molecule has 0 radical (unpaired) electrons. The minimum Gasteiger partial charge on any atom is -0.497 e. The Labute approximate surface area is 147 Å². The predicted octanol–water partition coefficient (Wildman–Crippen LogP) is 3.10. The largest absolute Gasteiger partial charge is 0.497 e. The van der Waals surface area contributed by atoms with E-state index in [1.165, 1.54) is 24.5 Å². The highest BCUT2D eigenvalue weighted by molar-refractivity contribution is 7.15. The van der Waals surface area contributed by atoms with Crippen LogP contribution in [0.2, 0.25) is 0 Å². The molecule has 0 aliphatic carbocycles. The van der Waals surface area contributed by atoms with Crippen molar-refractivity contribution in [2.24, 2.45) is 5.92 Å². The molecule has 1 N–H and O–H groups in total. The van der Waals surface area contributed by atoms with E-state index in [0.717, 1.165) is 11.4 Å². The molecule has 1 aromatic carbocycles. The zero-order chi connectivity index (χ0) is 18.0. The molecule has 2 heterocycles. The molecule has 0 saturated heterocycles. The Morgan fingerprint density at radius 1 is 1.32 bits per heavy atom. The molecule has 0 bridgehead atoms. The highest BCUT2D eigenvalue weighted by Gasteiger charge is 2.16. The minimum atomic E-state index is -0.608. The van der Waals surface area contributed by atoms with Gasteiger partial charge in [-0.25, -0.2) is 4.79 Å². The van der Waals surface area contributed by atoms with Crippen LogP contribution < -0.4 is 15.7 Å². The topological polar surface area (TPSA) is 94.3 Å². The Kier molecular flexibility index (Phi) is 4.80. The average molecular weight is 359 g/mol. The van der Waals surface area contributed by atoms with Gasteiger partial charge in [-0.1, -0.05) is 25.2 Å². The lowest BCUT2D eigenvalue weighted by atomic mass is 10.1. The van der Waals surface area contributed by atoms with Crippen LogP contribution >= 0.6 is 11.3 Å². The lowest BCUT2D eigenvalue weighted by Gasteiger charge is -2.06. The number of hydrogen-bond acceptors (Lipinski definition) is 7. The van der Waals surface area contributed by atoms with Crippen LogP contribution in [-0.2, 0) is 6.42 Å². The number of hydrogen-bond donors (Lipinski definition) is 1. The summed E-state index contributed by atoms with van der Waals surface area (Å²) in [7, 11) is 1.51. The van der Waals surface area contributed by atoms with Gasteiger partial charge in [0.2, 0.25) is 5.13 Å². The van der Waals surface area contributed by atoms with Gasteiger partial charge in [0.15, 0.2) is 0 Å². The first-order valence-corrected chi connectivity index (χ1v) is 8.53. The van der Waals surface area contributed by atoms with Gasteiger partial charge >= 0.3 is 5.63 Å². The number of anilines is 1. The lowest BCUT2D eigenvalue weighted by molar-refractivity contribution is 0.102. The first-order valence-electron chi connectivity index (χ1n) is 7.72. The SMILES string of the molecule is COc1ccc2c(C(=O)Nc3nnc(CC(C)C)s3)cc(=O)oc2c1. The second kappa shape index (κ2) is 7.02. The normalized spacial score (nSPS) is 11.0. The van der Waals surface area contributed by atoms with E-state index in [4.69, 9.17) is 9.15 Å². The number of carbonyl (C=O) groups is 1. The molecule has 3 aromatic rings. The summed E-state index contributed by atoms with van der Waals surface area (Å²) in [5.74, 6) is 0.556. The van der Waals surface area contributed by atoms with E-state index in [1.54, 1.807) is 18.2 Å². The molecule has 0 atom stereocenters. The molecule has 0 spiro atoms. The molecule has 0 aliphatic rings. The molecular formula is C17H17N3O4S. The second-order valence-electron chi connectivity index (χ2n) is 5.89. The number of amides is 1. The Bertz CT molecular complexity index is 977. The van der Waals surface area contributed by atoms with Crippen LogP contribution in [0, 0.1) is 5.92 Å². The van der Waals surface area contributed by atoms with Crippen LogP contribution in [0.4, 0.5) is 5.13 Å². The number of carbonyl (C=O) groups excluding carboxylic acids is 1. The van der Waals surface area contributed by atoms with Gasteiger partial charge in [0, 0.05) is 23.9 Å². The number of aromatic nitrogens is 2. The number of methoxy groups -OCH3 is 1. The van der Waals surface area contributed by atoms with E-state index in [9.17, 15) is 9.59 Å². The van der Waals surface area contributed by atoms with Gasteiger partial charge in [-0.15, -0.1) is 10.2 Å². The van der Waals surface area contributed by atoms with Crippen molar-refractivity contribution in [2.45, 2.75) is 20.3 Å². The first kappa shape index (κ1) is 17.1. The van der Waals surface area contributed by atoms with Gasteiger partial charge < -0.3 is 9.15 Å². The zero-order valence-electron chi connectivity index (χ0n) is 14.0. The maximum absolute atomic E-state index is 12.6. The standard InChI is InChI=1S/C17H17N3O4S/c1-9(2)6-14-19-20-17(25-14)18-16(22)12-8-15(21)24-13-7-10(23-3)4-5-11(12)13/h4-5,7-9H,6H2,1-3H3,(H,18,20,22). The molecule has 0 saturated carbocycles. The van der Waals surface area contributed by atoms with Crippen LogP contribution in [0.1, 0.15) is 29.2 Å². The molecular weight excluding hydrogens is 342 g/mol. The Morgan fingerprint density at radius 2 is 2.12 bits per heavy atom. The van der Waals surface area contributed by atoms with Gasteiger partial charge in [0.1, 0.15) is 16.3 Å². The number of nitrogens with one attached hydrogen (secondary N) is 1. The van der Waals surface area contributed by atoms with E-state index in [1.807, 2.05) is 0 Å². The third kappa shape index (κ3) is 3.85. The van der Waals surface area contributed by atoms with E-state index in [0.29, 0.717) is 22.2 Å². The van der Waals surface area contributed by atoms with Crippen molar-refractivity contribution >= 4 is 33.3 Å². The number of ether oxygens (including phenoxy) is 1. The second-order valence-corrected chi connectivity index (χ2v) is 6.96. The summed E-state index contributed by atoms with van der Waals surface area (Å²) >= 11 is 1.32. The maximum Gasteiger partial charge on any atom is 0.337 e. The van der Waals surface area contributed by atoms with E-state index in [2.05, 4.69) is 29.4 Å². The van der Waals surface area contributed by atoms with Gasteiger partial charge in [-0.05, 0) is 18.1 Å². The summed E-state index contributed by atoms with van der Waals surface area (Å²) in [6.45, 7) is 4.17. The molecule has 3 rings (SSSR count). The van der Waals surface area contributed by atoms with Crippen LogP contribution in [0.25, 0.3) is 11.0 Å². The van der Waals surface area contributed by atoms with Crippen molar-refractivity contribution in [3.63, 3.8) is 0 Å². The van der Waals surface area contributed by atoms with Crippen LogP contribution in [0.15, 0.2) is 33.5 Å². The van der Waals surface area contributed by atoms with Crippen molar-refractivity contribution in [1.82, 2.24) is 10.2 Å². The number of fused-ring (bicyclic) bond motifs is 1. The third-order valence-electron chi connectivity index (χ3n) is 3.47. The van der Waals surface area contributed by atoms with Gasteiger partial charge in [-0.2, -0.15) is 0 Å². The highest BCUT2D eigenvalue weighted by Crippen LogP contribution is 2.24. The van der Waals surface area contributed by atoms with Crippen molar-refractivity contribution in [1.29, 1.82) is 0 Å². The first-order chi connectivity index (χ1) is 12.0. The predicted molar refractivity (Wildman–Crippen MR) is 95.4 cm³/mol. The van der Waals surface area contributed by atoms with Crippen molar-refractivity contribution in [3.8, 4) is 5.75 Å². The monoisotopic (exact) mass is 359 g/mol. The Morgan fingerprint density at radius 3 is 2.84 bits per heavy atom. The molecule has 130 valence electrons. The Balaban J connectivity index is 1.91. The quantitative estimate of drug-likeness (QED) is 0.704. The summed E-state index contributed by atoms with van der Waals surface area (Å²) in [6.07, 6.45) is 0.797. The molecule has 1 amide bonds. The smallest absolute Gasteiger partial charge is 0.337 e. The summed E-state index contributed by atoms with van der Waals surface area (Å²) in [6, 6.07) is 6.11. The molecule has 2 aromatic heterocycles. The summed E-state index contributed by atoms with van der Waals surface area (Å²) in [5.41, 5.74) is -0.104. The zero-order valence-corrected chi connectivity index (χ0v) is 14.8. The molecule has 8 heteroatoms. The molecule has 7 nitrogen and oxygen atoms in total. The van der Waals surface area contributed by atoms with E-state index in [-0.39, 0.29) is 11.1 Å². The summed E-state index contributed by atoms with van der Waals surface area (Å²) in [4.78, 5) is 24.4. The van der Waals surface area contributed by atoms with Crippen molar-refractivity contribution in [3.05, 3.63) is 45.3 Å².